The molecule has 0 aliphatic carbocycles. The van der Waals surface area contributed by atoms with E-state index in [0.29, 0.717) is 28.3 Å². The number of nitrogens with one attached hydrogen (secondary N) is 1. The number of thioether (sulfide) groups is 1. The van der Waals surface area contributed by atoms with Gasteiger partial charge in [0.05, 0.1) is 16.0 Å². The van der Waals surface area contributed by atoms with E-state index in [-0.39, 0.29) is 16.4 Å². The average molecular weight is 447 g/mol. The first kappa shape index (κ1) is 20.3. The second-order valence-electron chi connectivity index (χ2n) is 7.08. The summed E-state index contributed by atoms with van der Waals surface area (Å²) in [7, 11) is 0. The number of nitrogens with zero attached hydrogens (tertiary/aromatic N) is 3. The summed E-state index contributed by atoms with van der Waals surface area (Å²) in [6.07, 6.45) is 0. The van der Waals surface area contributed by atoms with Crippen LogP contribution in [-0.2, 0) is 6.54 Å². The van der Waals surface area contributed by atoms with Crippen LogP contribution in [0.4, 0.5) is 0 Å². The lowest BCUT2D eigenvalue weighted by atomic mass is 10.2. The van der Waals surface area contributed by atoms with E-state index in [1.54, 1.807) is 15.9 Å². The minimum atomic E-state index is -0.154. The summed E-state index contributed by atoms with van der Waals surface area (Å²) in [5.74, 6) is 0.601. The minimum Gasteiger partial charge on any atom is -0.309 e. The average Bonchev–Trinajstić information content (AvgIpc) is 3.11. The van der Waals surface area contributed by atoms with Crippen LogP contribution < -0.4 is 11.1 Å². The third-order valence-electron chi connectivity index (χ3n) is 5.29. The molecular weight excluding hydrogens is 424 g/mol. The quantitative estimate of drug-likeness (QED) is 0.358. The van der Waals surface area contributed by atoms with Crippen LogP contribution in [0.15, 0.2) is 14.7 Å². The smallest absolute Gasteiger partial charge is 0.263 e. The molecule has 4 aromatic rings. The maximum Gasteiger partial charge on any atom is 0.263 e. The van der Waals surface area contributed by atoms with Gasteiger partial charge < -0.3 is 4.98 Å². The summed E-state index contributed by atoms with van der Waals surface area (Å²) in [5, 5.41) is 1.88. The van der Waals surface area contributed by atoms with Gasteiger partial charge in [-0.05, 0) is 52.7 Å². The number of thiophene rings is 2. The highest BCUT2D eigenvalue weighted by molar-refractivity contribution is 7.99. The van der Waals surface area contributed by atoms with Gasteiger partial charge in [0.1, 0.15) is 15.5 Å². The number of hydrogen-bond acceptors (Lipinski definition) is 7. The number of hydrogen-bond donors (Lipinski definition) is 1. The molecule has 4 aromatic heterocycles. The topological polar surface area (TPSA) is 80.6 Å². The van der Waals surface area contributed by atoms with E-state index in [1.807, 2.05) is 41.5 Å². The Labute approximate surface area is 180 Å². The molecule has 0 bridgehead atoms. The van der Waals surface area contributed by atoms with Crippen molar-refractivity contribution in [2.45, 2.75) is 58.5 Å². The second-order valence-corrected chi connectivity index (χ2v) is 10.8. The standard InChI is InChI=1S/C20H22N4O2S3/c1-7-24-19(26)14-9(3)11(5)28-18(14)23-20(24)29-12(6)15-21-16(25)13-8(2)10(4)27-17(13)22-15/h12H,7H2,1-6H3,(H,21,22,25). The number of rotatable bonds is 4. The van der Waals surface area contributed by atoms with Crippen molar-refractivity contribution in [3.8, 4) is 0 Å². The SMILES string of the molecule is CCn1c(SC(C)c2nc3sc(C)c(C)c3c(=O)[nH]2)nc2sc(C)c(C)c2c1=O. The zero-order valence-electron chi connectivity index (χ0n) is 17.2. The van der Waals surface area contributed by atoms with Crippen LogP contribution >= 0.6 is 34.4 Å². The summed E-state index contributed by atoms with van der Waals surface area (Å²) >= 11 is 4.54. The zero-order valence-corrected chi connectivity index (χ0v) is 19.6. The van der Waals surface area contributed by atoms with Crippen molar-refractivity contribution in [3.05, 3.63) is 47.4 Å². The minimum absolute atomic E-state index is 0.00420. The fourth-order valence-electron chi connectivity index (χ4n) is 3.36. The molecular formula is C20H22N4O2S3. The number of aromatic nitrogens is 4. The molecule has 152 valence electrons. The van der Waals surface area contributed by atoms with E-state index in [9.17, 15) is 9.59 Å². The Morgan fingerprint density at radius 1 is 1.00 bits per heavy atom. The van der Waals surface area contributed by atoms with Gasteiger partial charge in [0.15, 0.2) is 5.16 Å². The molecule has 0 saturated carbocycles. The van der Waals surface area contributed by atoms with E-state index in [1.165, 1.54) is 23.1 Å². The van der Waals surface area contributed by atoms with E-state index in [4.69, 9.17) is 9.97 Å². The molecule has 0 aromatic carbocycles. The first-order chi connectivity index (χ1) is 13.7. The summed E-state index contributed by atoms with van der Waals surface area (Å²) in [4.78, 5) is 41.8. The number of aromatic amines is 1. The molecule has 0 aliphatic rings. The van der Waals surface area contributed by atoms with Crippen LogP contribution in [0.2, 0.25) is 0 Å². The molecule has 4 rings (SSSR count). The van der Waals surface area contributed by atoms with Crippen molar-refractivity contribution < 1.29 is 0 Å². The molecule has 0 radical (unpaired) electrons. The summed E-state index contributed by atoms with van der Waals surface area (Å²) in [6, 6.07) is 0. The van der Waals surface area contributed by atoms with E-state index >= 15 is 0 Å². The van der Waals surface area contributed by atoms with Gasteiger partial charge in [-0.1, -0.05) is 11.8 Å². The van der Waals surface area contributed by atoms with Gasteiger partial charge in [-0.3, -0.25) is 14.2 Å². The van der Waals surface area contributed by atoms with Crippen LogP contribution in [0, 0.1) is 27.7 Å². The van der Waals surface area contributed by atoms with Gasteiger partial charge in [-0.2, -0.15) is 0 Å². The largest absolute Gasteiger partial charge is 0.309 e. The van der Waals surface area contributed by atoms with Crippen molar-refractivity contribution in [2.24, 2.45) is 0 Å². The lowest BCUT2D eigenvalue weighted by Gasteiger charge is -2.14. The normalized spacial score (nSPS) is 12.9. The lowest BCUT2D eigenvalue weighted by molar-refractivity contribution is 0.633. The Kier molecular flexibility index (Phi) is 5.16. The van der Waals surface area contributed by atoms with Crippen molar-refractivity contribution in [2.75, 3.05) is 0 Å². The van der Waals surface area contributed by atoms with Crippen LogP contribution in [0.3, 0.4) is 0 Å². The van der Waals surface area contributed by atoms with Gasteiger partial charge in [0, 0.05) is 16.3 Å². The Balaban J connectivity index is 1.80. The third-order valence-corrected chi connectivity index (χ3v) is 8.60. The Bertz CT molecular complexity index is 1380. The van der Waals surface area contributed by atoms with Crippen molar-refractivity contribution in [1.29, 1.82) is 0 Å². The Morgan fingerprint density at radius 2 is 1.59 bits per heavy atom. The monoisotopic (exact) mass is 446 g/mol. The van der Waals surface area contributed by atoms with Crippen LogP contribution in [0.1, 0.15) is 45.8 Å². The molecule has 0 amide bonds. The van der Waals surface area contributed by atoms with Crippen LogP contribution in [-0.4, -0.2) is 19.5 Å². The molecule has 1 atom stereocenters. The fourth-order valence-corrected chi connectivity index (χ4v) is 6.49. The molecule has 0 aliphatic heterocycles. The highest BCUT2D eigenvalue weighted by Crippen LogP contribution is 2.35. The molecule has 0 saturated heterocycles. The van der Waals surface area contributed by atoms with E-state index in [0.717, 1.165) is 30.5 Å². The predicted molar refractivity (Wildman–Crippen MR) is 123 cm³/mol. The van der Waals surface area contributed by atoms with E-state index in [2.05, 4.69) is 4.98 Å². The van der Waals surface area contributed by atoms with Gasteiger partial charge in [0.2, 0.25) is 0 Å². The molecule has 6 nitrogen and oxygen atoms in total. The Hall–Kier alpha value is -1.97. The van der Waals surface area contributed by atoms with Crippen molar-refractivity contribution in [3.63, 3.8) is 0 Å². The number of fused-ring (bicyclic) bond motifs is 2. The zero-order chi connectivity index (χ0) is 21.0. The first-order valence-electron chi connectivity index (χ1n) is 9.40. The van der Waals surface area contributed by atoms with Crippen LogP contribution in [0.5, 0.6) is 0 Å². The van der Waals surface area contributed by atoms with Gasteiger partial charge >= 0.3 is 0 Å². The van der Waals surface area contributed by atoms with Gasteiger partial charge in [0.25, 0.3) is 11.1 Å². The number of aryl methyl sites for hydroxylation is 4. The molecule has 9 heteroatoms. The maximum absolute atomic E-state index is 13.0. The summed E-state index contributed by atoms with van der Waals surface area (Å²) < 4.78 is 1.71. The third kappa shape index (κ3) is 3.25. The molecule has 1 N–H and O–H groups in total. The van der Waals surface area contributed by atoms with E-state index < -0.39 is 0 Å². The lowest BCUT2D eigenvalue weighted by Crippen LogP contribution is -2.22. The summed E-state index contributed by atoms with van der Waals surface area (Å²) in [6.45, 7) is 12.4. The van der Waals surface area contributed by atoms with Gasteiger partial charge in [-0.15, -0.1) is 22.7 Å². The van der Waals surface area contributed by atoms with Crippen LogP contribution in [0.25, 0.3) is 20.4 Å². The molecule has 4 heterocycles. The molecule has 0 spiro atoms. The maximum atomic E-state index is 13.0. The first-order valence-corrected chi connectivity index (χ1v) is 11.9. The second kappa shape index (κ2) is 7.37. The highest BCUT2D eigenvalue weighted by Gasteiger charge is 2.21. The Morgan fingerprint density at radius 3 is 2.21 bits per heavy atom. The highest BCUT2D eigenvalue weighted by atomic mass is 32.2. The summed E-state index contributed by atoms with van der Waals surface area (Å²) in [5.41, 5.74) is 1.88. The number of H-pyrrole nitrogens is 1. The van der Waals surface area contributed by atoms with Crippen molar-refractivity contribution >= 4 is 54.9 Å². The fraction of sp³-hybridized carbons (Fsp3) is 0.400. The predicted octanol–water partition coefficient (Wildman–Crippen LogP) is 4.86. The van der Waals surface area contributed by atoms with Crippen molar-refractivity contribution in [1.82, 2.24) is 19.5 Å². The molecule has 1 unspecified atom stereocenters. The molecule has 29 heavy (non-hydrogen) atoms. The van der Waals surface area contributed by atoms with Gasteiger partial charge in [-0.25, -0.2) is 9.97 Å². The molecule has 0 fully saturated rings.